The van der Waals surface area contributed by atoms with Crippen LogP contribution in [0.3, 0.4) is 0 Å². The van der Waals surface area contributed by atoms with E-state index in [1.165, 1.54) is 4.90 Å². The second-order valence-corrected chi connectivity index (χ2v) is 7.22. The van der Waals surface area contributed by atoms with Crippen LogP contribution in [0.4, 0.5) is 5.82 Å². The zero-order valence-electron chi connectivity index (χ0n) is 14.9. The van der Waals surface area contributed by atoms with E-state index in [-0.39, 0.29) is 0 Å². The van der Waals surface area contributed by atoms with E-state index in [1.54, 1.807) is 23.6 Å². The molecular formula is C18H20N4O4S. The van der Waals surface area contributed by atoms with E-state index in [9.17, 15) is 9.59 Å². The lowest BCUT2D eigenvalue weighted by atomic mass is 10.2. The van der Waals surface area contributed by atoms with Gasteiger partial charge in [-0.15, -0.1) is 0 Å². The summed E-state index contributed by atoms with van der Waals surface area (Å²) >= 11 is 1.74. The highest BCUT2D eigenvalue weighted by Gasteiger charge is 2.29. The highest BCUT2D eigenvalue weighted by Crippen LogP contribution is 2.36. The van der Waals surface area contributed by atoms with Crippen molar-refractivity contribution in [2.24, 2.45) is 0 Å². The van der Waals surface area contributed by atoms with Crippen molar-refractivity contribution in [3.63, 3.8) is 0 Å². The molecule has 0 radical (unpaired) electrons. The zero-order chi connectivity index (χ0) is 18.8. The molecule has 2 aliphatic heterocycles. The number of carbonyl (C=O) groups is 2. The number of morpholine rings is 1. The van der Waals surface area contributed by atoms with Gasteiger partial charge in [-0.3, -0.25) is 9.59 Å². The van der Waals surface area contributed by atoms with Crippen molar-refractivity contribution in [1.29, 1.82) is 0 Å². The summed E-state index contributed by atoms with van der Waals surface area (Å²) in [7, 11) is 1.61. The monoisotopic (exact) mass is 388 g/mol. The van der Waals surface area contributed by atoms with Crippen LogP contribution in [0.2, 0.25) is 0 Å². The number of rotatable bonds is 3. The zero-order valence-corrected chi connectivity index (χ0v) is 15.8. The first-order chi connectivity index (χ1) is 13.2. The third kappa shape index (κ3) is 3.52. The number of benzene rings is 1. The molecule has 9 heteroatoms. The summed E-state index contributed by atoms with van der Waals surface area (Å²) in [6.45, 7) is 1.76. The fourth-order valence-electron chi connectivity index (χ4n) is 3.12. The molecular weight excluding hydrogens is 368 g/mol. The molecule has 1 N–H and O–H groups in total. The lowest BCUT2D eigenvalue weighted by Crippen LogP contribution is -2.46. The van der Waals surface area contributed by atoms with Gasteiger partial charge < -0.3 is 19.7 Å². The lowest BCUT2D eigenvalue weighted by molar-refractivity contribution is -0.145. The molecule has 27 heavy (non-hydrogen) atoms. The van der Waals surface area contributed by atoms with Crippen LogP contribution in [0, 0.1) is 0 Å². The summed E-state index contributed by atoms with van der Waals surface area (Å²) < 4.78 is 12.1. The standard InChI is InChI=1S/C18H20N4O4S/c1-25-13-4-2-12(3-5-13)22-16(14-10-27-11-15(14)20-22)19-17(23)18(24)21-6-8-26-9-7-21/h2-5H,6-11H2,1H3,(H,19,23). The minimum atomic E-state index is -0.647. The molecule has 4 rings (SSSR count). The average Bonchev–Trinajstić information content (AvgIpc) is 3.31. The molecule has 2 amide bonds. The van der Waals surface area contributed by atoms with Crippen molar-refractivity contribution < 1.29 is 19.1 Å². The smallest absolute Gasteiger partial charge is 0.315 e. The van der Waals surface area contributed by atoms with Gasteiger partial charge in [0.25, 0.3) is 0 Å². The fourth-order valence-corrected chi connectivity index (χ4v) is 4.16. The van der Waals surface area contributed by atoms with E-state index in [2.05, 4.69) is 10.4 Å². The van der Waals surface area contributed by atoms with Crippen molar-refractivity contribution >= 4 is 29.4 Å². The Hall–Kier alpha value is -2.52. The van der Waals surface area contributed by atoms with Crippen LogP contribution >= 0.6 is 11.8 Å². The molecule has 0 aliphatic carbocycles. The van der Waals surface area contributed by atoms with E-state index in [4.69, 9.17) is 9.47 Å². The van der Waals surface area contributed by atoms with Gasteiger partial charge in [-0.25, -0.2) is 4.68 Å². The number of hydrogen-bond acceptors (Lipinski definition) is 6. The lowest BCUT2D eigenvalue weighted by Gasteiger charge is -2.26. The number of hydrogen-bond donors (Lipinski definition) is 1. The Morgan fingerprint density at radius 1 is 1.19 bits per heavy atom. The largest absolute Gasteiger partial charge is 0.497 e. The van der Waals surface area contributed by atoms with Gasteiger partial charge in [0.2, 0.25) is 0 Å². The molecule has 2 aromatic rings. The van der Waals surface area contributed by atoms with Crippen LogP contribution in [-0.4, -0.2) is 59.9 Å². The summed E-state index contributed by atoms with van der Waals surface area (Å²) in [5.74, 6) is 1.66. The molecule has 1 saturated heterocycles. The second kappa shape index (κ2) is 7.61. The molecule has 2 aliphatic rings. The number of nitrogens with zero attached hydrogens (tertiary/aromatic N) is 3. The highest BCUT2D eigenvalue weighted by molar-refractivity contribution is 7.98. The maximum atomic E-state index is 12.6. The summed E-state index contributed by atoms with van der Waals surface area (Å²) in [5.41, 5.74) is 2.70. The molecule has 0 spiro atoms. The van der Waals surface area contributed by atoms with Gasteiger partial charge in [0.1, 0.15) is 11.6 Å². The first-order valence-electron chi connectivity index (χ1n) is 8.68. The molecule has 3 heterocycles. The molecule has 0 unspecified atom stereocenters. The molecule has 1 aromatic carbocycles. The Morgan fingerprint density at radius 2 is 1.93 bits per heavy atom. The second-order valence-electron chi connectivity index (χ2n) is 6.24. The fraction of sp³-hybridized carbons (Fsp3) is 0.389. The summed E-state index contributed by atoms with van der Waals surface area (Å²) in [5, 5.41) is 7.44. The minimum absolute atomic E-state index is 0.429. The predicted molar refractivity (Wildman–Crippen MR) is 101 cm³/mol. The quantitative estimate of drug-likeness (QED) is 0.801. The van der Waals surface area contributed by atoms with Gasteiger partial charge in [0.15, 0.2) is 0 Å². The highest BCUT2D eigenvalue weighted by atomic mass is 32.2. The maximum absolute atomic E-state index is 12.6. The SMILES string of the molecule is COc1ccc(-n2nc3c(c2NC(=O)C(=O)N2CCOCC2)CSC3)cc1. The van der Waals surface area contributed by atoms with E-state index in [0.717, 1.165) is 34.2 Å². The number of carbonyl (C=O) groups excluding carboxylic acids is 2. The van der Waals surface area contributed by atoms with Crippen LogP contribution in [-0.2, 0) is 25.8 Å². The van der Waals surface area contributed by atoms with Crippen molar-refractivity contribution in [1.82, 2.24) is 14.7 Å². The van der Waals surface area contributed by atoms with Crippen molar-refractivity contribution in [3.05, 3.63) is 35.5 Å². The molecule has 0 bridgehead atoms. The number of thioether (sulfide) groups is 1. The van der Waals surface area contributed by atoms with Gasteiger partial charge in [-0.1, -0.05) is 0 Å². The molecule has 0 saturated carbocycles. The molecule has 1 aromatic heterocycles. The van der Waals surface area contributed by atoms with Crippen molar-refractivity contribution in [2.45, 2.75) is 11.5 Å². The third-order valence-electron chi connectivity index (χ3n) is 4.59. The van der Waals surface area contributed by atoms with Gasteiger partial charge in [0, 0.05) is 30.2 Å². The molecule has 1 fully saturated rings. The van der Waals surface area contributed by atoms with Crippen molar-refractivity contribution in [2.75, 3.05) is 38.7 Å². The Morgan fingerprint density at radius 3 is 2.63 bits per heavy atom. The van der Waals surface area contributed by atoms with Gasteiger partial charge >= 0.3 is 11.8 Å². The average molecular weight is 388 g/mol. The van der Waals surface area contributed by atoms with Gasteiger partial charge in [-0.2, -0.15) is 16.9 Å². The van der Waals surface area contributed by atoms with Gasteiger partial charge in [0.05, 0.1) is 31.7 Å². The first kappa shape index (κ1) is 17.9. The van der Waals surface area contributed by atoms with Crippen LogP contribution in [0.25, 0.3) is 5.69 Å². The van der Waals surface area contributed by atoms with Crippen LogP contribution in [0.1, 0.15) is 11.3 Å². The minimum Gasteiger partial charge on any atom is -0.497 e. The first-order valence-corrected chi connectivity index (χ1v) is 9.84. The Kier molecular flexibility index (Phi) is 5.04. The number of methoxy groups -OCH3 is 1. The van der Waals surface area contributed by atoms with Crippen LogP contribution in [0.5, 0.6) is 5.75 Å². The third-order valence-corrected chi connectivity index (χ3v) is 5.56. The van der Waals surface area contributed by atoms with E-state index in [1.807, 2.05) is 24.3 Å². The molecule has 0 atom stereocenters. The van der Waals surface area contributed by atoms with E-state index < -0.39 is 11.8 Å². The van der Waals surface area contributed by atoms with Crippen LogP contribution < -0.4 is 10.1 Å². The summed E-state index contributed by atoms with van der Waals surface area (Å²) in [6.07, 6.45) is 0. The maximum Gasteiger partial charge on any atom is 0.315 e. The number of aromatic nitrogens is 2. The number of amides is 2. The van der Waals surface area contributed by atoms with Crippen molar-refractivity contribution in [3.8, 4) is 11.4 Å². The summed E-state index contributed by atoms with van der Waals surface area (Å²) in [6, 6.07) is 7.41. The normalized spacial score (nSPS) is 16.1. The number of fused-ring (bicyclic) bond motifs is 1. The van der Waals surface area contributed by atoms with E-state index in [0.29, 0.717) is 32.1 Å². The Balaban J connectivity index is 1.61. The number of anilines is 1. The van der Waals surface area contributed by atoms with Crippen LogP contribution in [0.15, 0.2) is 24.3 Å². The Labute approximate surface area is 160 Å². The topological polar surface area (TPSA) is 85.7 Å². The molecule has 8 nitrogen and oxygen atoms in total. The predicted octanol–water partition coefficient (Wildman–Crippen LogP) is 1.42. The number of nitrogens with one attached hydrogen (secondary N) is 1. The Bertz CT molecular complexity index is 859. The summed E-state index contributed by atoms with van der Waals surface area (Å²) in [4.78, 5) is 26.6. The molecule has 142 valence electrons. The van der Waals surface area contributed by atoms with E-state index >= 15 is 0 Å². The number of ether oxygens (including phenoxy) is 2. The van der Waals surface area contributed by atoms with Gasteiger partial charge in [-0.05, 0) is 24.3 Å².